The third kappa shape index (κ3) is 2.70. The predicted octanol–water partition coefficient (Wildman–Crippen LogP) is -0.842. The van der Waals surface area contributed by atoms with Gasteiger partial charge in [0.15, 0.2) is 5.82 Å². The molecule has 30 heavy (non-hydrogen) atoms. The van der Waals surface area contributed by atoms with Crippen molar-refractivity contribution in [3.63, 3.8) is 0 Å². The molecule has 0 aliphatic carbocycles. The zero-order valence-electron chi connectivity index (χ0n) is 16.0. The molecule has 0 spiro atoms. The second-order valence-electron chi connectivity index (χ2n) is 7.49. The molecular formula is C19H19N7O4. The monoisotopic (exact) mass is 409 g/mol. The SMILES string of the molecule is NCc1nnc2n1CCN(c1ccc3c(c1)C(=O)N(C1CCC(=O)NC1=O)C3=O)C2. The fraction of sp³-hybridized carbons (Fsp3) is 0.368. The Kier molecular flexibility index (Phi) is 4.13. The molecule has 1 saturated heterocycles. The highest BCUT2D eigenvalue weighted by Crippen LogP contribution is 2.31. The van der Waals surface area contributed by atoms with E-state index in [0.717, 1.165) is 22.2 Å². The molecule has 11 nitrogen and oxygen atoms in total. The van der Waals surface area contributed by atoms with Crippen LogP contribution in [-0.2, 0) is 29.2 Å². The van der Waals surface area contributed by atoms with Crippen molar-refractivity contribution in [1.29, 1.82) is 0 Å². The minimum atomic E-state index is -0.971. The lowest BCUT2D eigenvalue weighted by molar-refractivity contribution is -0.136. The third-order valence-corrected chi connectivity index (χ3v) is 5.80. The average molecular weight is 409 g/mol. The minimum absolute atomic E-state index is 0.0916. The molecule has 1 fully saturated rings. The summed E-state index contributed by atoms with van der Waals surface area (Å²) in [5.74, 6) is -0.522. The maximum Gasteiger partial charge on any atom is 0.262 e. The average Bonchev–Trinajstić information content (AvgIpc) is 3.26. The van der Waals surface area contributed by atoms with Crippen molar-refractivity contribution in [2.75, 3.05) is 11.4 Å². The number of hydrogen-bond acceptors (Lipinski definition) is 8. The molecule has 1 aromatic carbocycles. The van der Waals surface area contributed by atoms with Gasteiger partial charge in [-0.3, -0.25) is 29.4 Å². The Labute approximate surface area is 170 Å². The number of nitrogens with one attached hydrogen (secondary N) is 1. The van der Waals surface area contributed by atoms with Crippen LogP contribution in [-0.4, -0.2) is 55.9 Å². The molecule has 3 aliphatic rings. The van der Waals surface area contributed by atoms with Crippen molar-refractivity contribution < 1.29 is 19.2 Å². The van der Waals surface area contributed by atoms with Gasteiger partial charge >= 0.3 is 0 Å². The second-order valence-corrected chi connectivity index (χ2v) is 7.49. The molecule has 0 bridgehead atoms. The number of fused-ring (bicyclic) bond motifs is 2. The van der Waals surface area contributed by atoms with Crippen molar-refractivity contribution in [2.45, 2.75) is 38.5 Å². The first kappa shape index (κ1) is 18.4. The molecule has 154 valence electrons. The van der Waals surface area contributed by atoms with Gasteiger partial charge in [-0.15, -0.1) is 10.2 Å². The van der Waals surface area contributed by atoms with Crippen LogP contribution >= 0.6 is 0 Å². The van der Waals surface area contributed by atoms with Gasteiger partial charge in [-0.05, 0) is 24.6 Å². The van der Waals surface area contributed by atoms with E-state index in [9.17, 15) is 19.2 Å². The van der Waals surface area contributed by atoms with Crippen molar-refractivity contribution in [2.24, 2.45) is 5.73 Å². The number of carbonyl (C=O) groups excluding carboxylic acids is 4. The fourth-order valence-corrected chi connectivity index (χ4v) is 4.25. The molecule has 1 unspecified atom stereocenters. The van der Waals surface area contributed by atoms with Crippen LogP contribution in [0.4, 0.5) is 5.69 Å². The smallest absolute Gasteiger partial charge is 0.262 e. The van der Waals surface area contributed by atoms with Gasteiger partial charge in [-0.1, -0.05) is 0 Å². The largest absolute Gasteiger partial charge is 0.362 e. The van der Waals surface area contributed by atoms with Crippen LogP contribution in [0.2, 0.25) is 0 Å². The Balaban J connectivity index is 1.41. The van der Waals surface area contributed by atoms with E-state index in [1.54, 1.807) is 18.2 Å². The van der Waals surface area contributed by atoms with Gasteiger partial charge in [0.25, 0.3) is 11.8 Å². The molecule has 4 amide bonds. The van der Waals surface area contributed by atoms with E-state index in [2.05, 4.69) is 20.4 Å². The highest BCUT2D eigenvalue weighted by Gasteiger charge is 2.44. The summed E-state index contributed by atoms with van der Waals surface area (Å²) in [5.41, 5.74) is 6.99. The number of hydrogen-bond donors (Lipinski definition) is 2. The first-order valence-electron chi connectivity index (χ1n) is 9.69. The van der Waals surface area contributed by atoms with Gasteiger partial charge in [0.05, 0.1) is 24.2 Å². The molecule has 3 N–H and O–H groups in total. The van der Waals surface area contributed by atoms with E-state index in [1.807, 2.05) is 4.57 Å². The van der Waals surface area contributed by atoms with Crippen molar-refractivity contribution >= 4 is 29.3 Å². The van der Waals surface area contributed by atoms with Crippen LogP contribution in [0.15, 0.2) is 18.2 Å². The predicted molar refractivity (Wildman–Crippen MR) is 102 cm³/mol. The van der Waals surface area contributed by atoms with E-state index in [0.29, 0.717) is 26.2 Å². The van der Waals surface area contributed by atoms with E-state index in [4.69, 9.17) is 5.73 Å². The molecular weight excluding hydrogens is 390 g/mol. The summed E-state index contributed by atoms with van der Waals surface area (Å²) in [6, 6.07) is 4.11. The van der Waals surface area contributed by atoms with Gasteiger partial charge in [0.2, 0.25) is 11.8 Å². The van der Waals surface area contributed by atoms with Gasteiger partial charge in [0, 0.05) is 25.2 Å². The Hall–Kier alpha value is -3.60. The maximum absolute atomic E-state index is 13.0. The molecule has 2 aromatic rings. The summed E-state index contributed by atoms with van der Waals surface area (Å²) in [5, 5.41) is 10.5. The molecule has 4 heterocycles. The number of rotatable bonds is 3. The number of carbonyl (C=O) groups is 4. The number of imide groups is 2. The highest BCUT2D eigenvalue weighted by molar-refractivity contribution is 6.23. The van der Waals surface area contributed by atoms with E-state index in [-0.39, 0.29) is 24.0 Å². The maximum atomic E-state index is 13.0. The van der Waals surface area contributed by atoms with Gasteiger partial charge in [0.1, 0.15) is 11.9 Å². The third-order valence-electron chi connectivity index (χ3n) is 5.80. The number of anilines is 1. The summed E-state index contributed by atoms with van der Waals surface area (Å²) in [4.78, 5) is 52.4. The molecule has 5 rings (SSSR count). The topological polar surface area (TPSA) is 144 Å². The van der Waals surface area contributed by atoms with Gasteiger partial charge in [-0.2, -0.15) is 0 Å². The Morgan fingerprint density at radius 2 is 1.87 bits per heavy atom. The molecule has 1 atom stereocenters. The van der Waals surface area contributed by atoms with E-state index in [1.165, 1.54) is 0 Å². The summed E-state index contributed by atoms with van der Waals surface area (Å²) >= 11 is 0. The van der Waals surface area contributed by atoms with Crippen molar-refractivity contribution in [3.05, 3.63) is 41.0 Å². The summed E-state index contributed by atoms with van der Waals surface area (Å²) < 4.78 is 1.99. The summed E-state index contributed by atoms with van der Waals surface area (Å²) in [7, 11) is 0. The number of benzene rings is 1. The lowest BCUT2D eigenvalue weighted by Gasteiger charge is -2.29. The van der Waals surface area contributed by atoms with Crippen molar-refractivity contribution in [3.8, 4) is 0 Å². The minimum Gasteiger partial charge on any atom is -0.362 e. The Bertz CT molecular complexity index is 1110. The van der Waals surface area contributed by atoms with Gasteiger partial charge < -0.3 is 15.2 Å². The Morgan fingerprint density at radius 1 is 1.07 bits per heavy atom. The Morgan fingerprint density at radius 3 is 2.63 bits per heavy atom. The molecule has 0 saturated carbocycles. The summed E-state index contributed by atoms with van der Waals surface area (Å²) in [6.45, 7) is 2.17. The lowest BCUT2D eigenvalue weighted by atomic mass is 10.0. The van der Waals surface area contributed by atoms with Crippen molar-refractivity contribution in [1.82, 2.24) is 25.0 Å². The van der Waals surface area contributed by atoms with Crippen LogP contribution in [0.25, 0.3) is 0 Å². The zero-order valence-corrected chi connectivity index (χ0v) is 16.0. The first-order chi connectivity index (χ1) is 14.5. The standard InChI is InChI=1S/C19H19N7O4/c20-8-14-22-23-15-9-24(5-6-25(14)15)10-1-2-11-12(7-10)19(30)26(18(11)29)13-3-4-16(27)21-17(13)28/h1-2,7,13H,3-6,8-9,20H2,(H,21,27,28). The number of aromatic nitrogens is 3. The van der Waals surface area contributed by atoms with E-state index < -0.39 is 29.7 Å². The second kappa shape index (κ2) is 6.73. The quantitative estimate of drug-likeness (QED) is 0.625. The molecule has 11 heteroatoms. The molecule has 0 radical (unpaired) electrons. The van der Waals surface area contributed by atoms with Crippen LogP contribution in [0.3, 0.4) is 0 Å². The van der Waals surface area contributed by atoms with Crippen LogP contribution in [0.5, 0.6) is 0 Å². The number of piperidine rings is 1. The fourth-order valence-electron chi connectivity index (χ4n) is 4.25. The first-order valence-corrected chi connectivity index (χ1v) is 9.69. The number of amides is 4. The molecule has 3 aliphatic heterocycles. The van der Waals surface area contributed by atoms with E-state index >= 15 is 0 Å². The lowest BCUT2D eigenvalue weighted by Crippen LogP contribution is -2.54. The summed E-state index contributed by atoms with van der Waals surface area (Å²) in [6.07, 6.45) is 0.225. The number of nitrogens with zero attached hydrogens (tertiary/aromatic N) is 5. The van der Waals surface area contributed by atoms with Crippen LogP contribution in [0, 0.1) is 0 Å². The highest BCUT2D eigenvalue weighted by atomic mass is 16.2. The van der Waals surface area contributed by atoms with Gasteiger partial charge in [-0.25, -0.2) is 0 Å². The molecule has 1 aromatic heterocycles. The number of nitrogens with two attached hydrogens (primary N) is 1. The normalized spacial score (nSPS) is 21.0. The van der Waals surface area contributed by atoms with Crippen LogP contribution in [0.1, 0.15) is 45.2 Å². The van der Waals surface area contributed by atoms with Crippen LogP contribution < -0.4 is 16.0 Å². The zero-order chi connectivity index (χ0) is 21.0.